The van der Waals surface area contributed by atoms with E-state index in [9.17, 15) is 0 Å². The van der Waals surface area contributed by atoms with E-state index in [4.69, 9.17) is 4.74 Å². The molecular weight excluding hydrogens is 294 g/mol. The number of benzene rings is 1. The summed E-state index contributed by atoms with van der Waals surface area (Å²) in [6.45, 7) is 0.909. The number of methoxy groups -OCH3 is 1. The molecule has 4 rings (SSSR count). The van der Waals surface area contributed by atoms with Crippen LogP contribution in [0.5, 0.6) is 5.75 Å². The molecule has 0 bridgehead atoms. The van der Waals surface area contributed by atoms with Crippen molar-refractivity contribution in [1.82, 2.24) is 10.2 Å². The van der Waals surface area contributed by atoms with Crippen molar-refractivity contribution in [3.63, 3.8) is 0 Å². The van der Waals surface area contributed by atoms with Crippen molar-refractivity contribution in [2.45, 2.75) is 43.4 Å². The Morgan fingerprint density at radius 1 is 1.27 bits per heavy atom. The van der Waals surface area contributed by atoms with Gasteiger partial charge in [0, 0.05) is 23.4 Å². The Bertz CT molecular complexity index is 661. The van der Waals surface area contributed by atoms with Crippen LogP contribution < -0.4 is 10.1 Å². The molecule has 1 heterocycles. The molecule has 2 saturated carbocycles. The van der Waals surface area contributed by atoms with Crippen LogP contribution in [0.25, 0.3) is 0 Å². The van der Waals surface area contributed by atoms with E-state index < -0.39 is 0 Å². The van der Waals surface area contributed by atoms with E-state index in [0.29, 0.717) is 5.92 Å². The predicted octanol–water partition coefficient (Wildman–Crippen LogP) is 3.96. The summed E-state index contributed by atoms with van der Waals surface area (Å²) in [4.78, 5) is 0. The normalized spacial score (nSPS) is 19.5. The second kappa shape index (κ2) is 5.54. The first-order valence-electron chi connectivity index (χ1n) is 8.01. The quantitative estimate of drug-likeness (QED) is 0.876. The molecular formula is C17H21N3OS. The number of para-hydroxylation sites is 1. The molecule has 2 aliphatic carbocycles. The average molecular weight is 315 g/mol. The van der Waals surface area contributed by atoms with E-state index in [0.717, 1.165) is 17.4 Å². The summed E-state index contributed by atoms with van der Waals surface area (Å²) in [6, 6.07) is 8.41. The van der Waals surface area contributed by atoms with Crippen molar-refractivity contribution in [2.75, 3.05) is 19.0 Å². The zero-order valence-electron chi connectivity index (χ0n) is 12.8. The lowest BCUT2D eigenvalue weighted by atomic mass is 9.64. The lowest BCUT2D eigenvalue weighted by Gasteiger charge is -2.43. The van der Waals surface area contributed by atoms with Gasteiger partial charge in [-0.25, -0.2) is 0 Å². The molecule has 2 aliphatic rings. The summed E-state index contributed by atoms with van der Waals surface area (Å²) < 4.78 is 5.57. The van der Waals surface area contributed by atoms with Gasteiger partial charge < -0.3 is 10.1 Å². The maximum atomic E-state index is 5.57. The van der Waals surface area contributed by atoms with E-state index in [1.54, 1.807) is 18.4 Å². The van der Waals surface area contributed by atoms with Gasteiger partial charge in [-0.3, -0.25) is 0 Å². The molecule has 0 saturated heterocycles. The zero-order valence-corrected chi connectivity index (χ0v) is 13.7. The van der Waals surface area contributed by atoms with Crippen LogP contribution in [0.4, 0.5) is 5.13 Å². The summed E-state index contributed by atoms with van der Waals surface area (Å²) >= 11 is 1.72. The number of ether oxygens (including phenoxy) is 1. The molecule has 5 heteroatoms. The van der Waals surface area contributed by atoms with Gasteiger partial charge in [-0.1, -0.05) is 36.0 Å². The number of nitrogens with zero attached hydrogens (tertiary/aromatic N) is 2. The van der Waals surface area contributed by atoms with Crippen LogP contribution in [0.1, 0.15) is 48.6 Å². The lowest BCUT2D eigenvalue weighted by Crippen LogP contribution is -2.41. The third kappa shape index (κ3) is 2.47. The third-order valence-electron chi connectivity index (χ3n) is 4.93. The summed E-state index contributed by atoms with van der Waals surface area (Å²) in [5.41, 5.74) is 1.50. The average Bonchev–Trinajstić information content (AvgIpc) is 3.26. The molecule has 1 aromatic heterocycles. The van der Waals surface area contributed by atoms with Gasteiger partial charge in [-0.2, -0.15) is 0 Å². The van der Waals surface area contributed by atoms with Crippen molar-refractivity contribution in [1.29, 1.82) is 0 Å². The smallest absolute Gasteiger partial charge is 0.205 e. The second-order valence-electron chi connectivity index (χ2n) is 6.41. The Hall–Kier alpha value is -1.62. The van der Waals surface area contributed by atoms with Crippen LogP contribution in [0, 0.1) is 0 Å². The summed E-state index contributed by atoms with van der Waals surface area (Å²) in [6.07, 6.45) is 6.24. The van der Waals surface area contributed by atoms with Gasteiger partial charge in [0.2, 0.25) is 5.13 Å². The molecule has 22 heavy (non-hydrogen) atoms. The van der Waals surface area contributed by atoms with Crippen LogP contribution >= 0.6 is 11.3 Å². The third-order valence-corrected chi connectivity index (χ3v) is 5.98. The Labute approximate surface area is 134 Å². The van der Waals surface area contributed by atoms with Gasteiger partial charge >= 0.3 is 0 Å². The van der Waals surface area contributed by atoms with Gasteiger partial charge in [0.05, 0.1) is 7.11 Å². The molecule has 0 aliphatic heterocycles. The minimum absolute atomic E-state index is 0.179. The molecule has 4 nitrogen and oxygen atoms in total. The first-order valence-corrected chi connectivity index (χ1v) is 8.83. The number of anilines is 1. The fourth-order valence-electron chi connectivity index (χ4n) is 3.27. The Kier molecular flexibility index (Phi) is 3.53. The van der Waals surface area contributed by atoms with Gasteiger partial charge in [0.25, 0.3) is 0 Å². The van der Waals surface area contributed by atoms with E-state index in [1.165, 1.54) is 42.7 Å². The molecule has 1 N–H and O–H groups in total. The zero-order chi connectivity index (χ0) is 15.0. The summed E-state index contributed by atoms with van der Waals surface area (Å²) in [5, 5.41) is 14.3. The Morgan fingerprint density at radius 2 is 2.09 bits per heavy atom. The number of aromatic nitrogens is 2. The maximum Gasteiger partial charge on any atom is 0.205 e. The standard InChI is InChI=1S/C17H21N3OS/c1-21-14-6-3-2-5-13(14)17(9-4-10-17)11-18-16-20-19-15(22-16)12-7-8-12/h2-3,5-6,12H,4,7-11H2,1H3,(H,18,20). The van der Waals surface area contributed by atoms with E-state index in [1.807, 2.05) is 6.07 Å². The van der Waals surface area contributed by atoms with Crippen molar-refractivity contribution in [2.24, 2.45) is 0 Å². The fraction of sp³-hybridized carbons (Fsp3) is 0.529. The Morgan fingerprint density at radius 3 is 2.77 bits per heavy atom. The lowest BCUT2D eigenvalue weighted by molar-refractivity contribution is 0.250. The van der Waals surface area contributed by atoms with Crippen molar-refractivity contribution in [3.05, 3.63) is 34.8 Å². The van der Waals surface area contributed by atoms with Gasteiger partial charge in [-0.15, -0.1) is 10.2 Å². The highest BCUT2D eigenvalue weighted by molar-refractivity contribution is 7.15. The molecule has 0 unspecified atom stereocenters. The number of hydrogen-bond donors (Lipinski definition) is 1. The fourth-order valence-corrected chi connectivity index (χ4v) is 4.18. The Balaban J connectivity index is 1.51. The molecule has 0 atom stereocenters. The summed E-state index contributed by atoms with van der Waals surface area (Å²) in [7, 11) is 1.76. The minimum Gasteiger partial charge on any atom is -0.496 e. The van der Waals surface area contributed by atoms with E-state index >= 15 is 0 Å². The second-order valence-corrected chi connectivity index (χ2v) is 7.42. The monoisotopic (exact) mass is 315 g/mol. The molecule has 0 radical (unpaired) electrons. The van der Waals surface area contributed by atoms with E-state index in [2.05, 4.69) is 33.7 Å². The minimum atomic E-state index is 0.179. The van der Waals surface area contributed by atoms with Crippen molar-refractivity contribution in [3.8, 4) is 5.75 Å². The largest absolute Gasteiger partial charge is 0.496 e. The molecule has 2 fully saturated rings. The molecule has 116 valence electrons. The highest BCUT2D eigenvalue weighted by Gasteiger charge is 2.40. The highest BCUT2D eigenvalue weighted by Crippen LogP contribution is 2.47. The first-order chi connectivity index (χ1) is 10.8. The first kappa shape index (κ1) is 14.0. The molecule has 1 aromatic carbocycles. The topological polar surface area (TPSA) is 47.0 Å². The van der Waals surface area contributed by atoms with Crippen molar-refractivity contribution < 1.29 is 4.74 Å². The molecule has 0 amide bonds. The molecule has 2 aromatic rings. The predicted molar refractivity (Wildman–Crippen MR) is 88.9 cm³/mol. The van der Waals surface area contributed by atoms with Crippen LogP contribution in [0.3, 0.4) is 0 Å². The molecule has 0 spiro atoms. The SMILES string of the molecule is COc1ccccc1C1(CNc2nnc(C3CC3)s2)CCC1. The van der Waals surface area contributed by atoms with E-state index in [-0.39, 0.29) is 5.41 Å². The van der Waals surface area contributed by atoms with Gasteiger partial charge in [0.15, 0.2) is 0 Å². The summed E-state index contributed by atoms with van der Waals surface area (Å²) in [5.74, 6) is 1.68. The highest BCUT2D eigenvalue weighted by atomic mass is 32.1. The van der Waals surface area contributed by atoms with Gasteiger partial charge in [0.1, 0.15) is 10.8 Å². The number of nitrogens with one attached hydrogen (secondary N) is 1. The maximum absolute atomic E-state index is 5.57. The van der Waals surface area contributed by atoms with Gasteiger partial charge in [-0.05, 0) is 31.7 Å². The van der Waals surface area contributed by atoms with Crippen LogP contribution in [-0.4, -0.2) is 23.9 Å². The van der Waals surface area contributed by atoms with Crippen LogP contribution in [0.15, 0.2) is 24.3 Å². The number of rotatable bonds is 6. The van der Waals surface area contributed by atoms with Crippen LogP contribution in [-0.2, 0) is 5.41 Å². The van der Waals surface area contributed by atoms with Crippen molar-refractivity contribution >= 4 is 16.5 Å². The number of hydrogen-bond acceptors (Lipinski definition) is 5. The van der Waals surface area contributed by atoms with Crippen LogP contribution in [0.2, 0.25) is 0 Å².